The van der Waals surface area contributed by atoms with Crippen molar-refractivity contribution in [2.75, 3.05) is 7.11 Å². The zero-order chi connectivity index (χ0) is 16.9. The average molecular weight is 342 g/mol. The van der Waals surface area contributed by atoms with Gasteiger partial charge in [-0.25, -0.2) is 13.1 Å². The van der Waals surface area contributed by atoms with Gasteiger partial charge in [0.05, 0.1) is 12.0 Å². The number of rotatable bonds is 5. The number of hydrogen-bond acceptors (Lipinski definition) is 5. The summed E-state index contributed by atoms with van der Waals surface area (Å²) in [6.45, 7) is 0. The molecule has 0 heterocycles. The number of hydrogen-bond donors (Lipinski definition) is 1. The van der Waals surface area contributed by atoms with E-state index >= 15 is 0 Å². The second kappa shape index (κ2) is 7.74. The first-order valence-corrected chi connectivity index (χ1v) is 9.27. The van der Waals surface area contributed by atoms with E-state index in [1.165, 1.54) is 25.7 Å². The summed E-state index contributed by atoms with van der Waals surface area (Å²) >= 11 is 0. The molecule has 128 valence electrons. The summed E-state index contributed by atoms with van der Waals surface area (Å²) in [6, 6.07) is 3.45. The maximum atomic E-state index is 12.6. The molecule has 1 aromatic rings. The Balaban J connectivity index is 2.26. The molecule has 0 unspecified atom stereocenters. The van der Waals surface area contributed by atoms with Crippen molar-refractivity contribution in [1.29, 1.82) is 0 Å². The van der Waals surface area contributed by atoms with Crippen molar-refractivity contribution in [3.05, 3.63) is 28.3 Å². The van der Waals surface area contributed by atoms with E-state index in [0.29, 0.717) is 0 Å². The third kappa shape index (κ3) is 4.65. The van der Waals surface area contributed by atoms with Gasteiger partial charge in [0.1, 0.15) is 10.6 Å². The third-order valence-electron chi connectivity index (χ3n) is 4.07. The first-order chi connectivity index (χ1) is 10.9. The number of nitro benzene ring substituents is 1. The highest BCUT2D eigenvalue weighted by Crippen LogP contribution is 2.29. The van der Waals surface area contributed by atoms with E-state index in [0.717, 1.165) is 44.6 Å². The van der Waals surface area contributed by atoms with Gasteiger partial charge in [0.15, 0.2) is 0 Å². The Labute approximate surface area is 136 Å². The van der Waals surface area contributed by atoms with Crippen LogP contribution in [0.4, 0.5) is 5.69 Å². The molecule has 1 aliphatic rings. The summed E-state index contributed by atoms with van der Waals surface area (Å²) < 4.78 is 33.0. The minimum Gasteiger partial charge on any atom is -0.495 e. The van der Waals surface area contributed by atoms with E-state index in [2.05, 4.69) is 4.72 Å². The van der Waals surface area contributed by atoms with Crippen LogP contribution in [0.15, 0.2) is 23.1 Å². The highest BCUT2D eigenvalue weighted by atomic mass is 32.2. The van der Waals surface area contributed by atoms with Gasteiger partial charge >= 0.3 is 0 Å². The van der Waals surface area contributed by atoms with Crippen LogP contribution in [0, 0.1) is 10.1 Å². The predicted molar refractivity (Wildman–Crippen MR) is 86.1 cm³/mol. The molecule has 0 spiro atoms. The first kappa shape index (κ1) is 17.7. The van der Waals surface area contributed by atoms with Crippen molar-refractivity contribution in [3.63, 3.8) is 0 Å². The minimum atomic E-state index is -3.87. The first-order valence-electron chi connectivity index (χ1n) is 7.79. The standard InChI is InChI=1S/C15H22N2O5S/c1-22-14-10-9-13(17(18)19)11-15(14)23(20,21)16-12-7-5-3-2-4-6-8-12/h9-12,16H,2-8H2,1H3. The van der Waals surface area contributed by atoms with Crippen LogP contribution in [0.2, 0.25) is 0 Å². The Morgan fingerprint density at radius 3 is 2.35 bits per heavy atom. The summed E-state index contributed by atoms with van der Waals surface area (Å²) in [7, 11) is -2.52. The molecule has 1 saturated carbocycles. The zero-order valence-corrected chi connectivity index (χ0v) is 14.0. The summed E-state index contributed by atoms with van der Waals surface area (Å²) in [5.74, 6) is 0.106. The van der Waals surface area contributed by atoms with Crippen LogP contribution in [0.3, 0.4) is 0 Å². The molecular weight excluding hydrogens is 320 g/mol. The quantitative estimate of drug-likeness (QED) is 0.655. The van der Waals surface area contributed by atoms with Gasteiger partial charge in [-0.15, -0.1) is 0 Å². The fraction of sp³-hybridized carbons (Fsp3) is 0.600. The van der Waals surface area contributed by atoms with Gasteiger partial charge in [0, 0.05) is 18.2 Å². The summed E-state index contributed by atoms with van der Waals surface area (Å²) in [5.41, 5.74) is -0.274. The average Bonchev–Trinajstić information content (AvgIpc) is 2.49. The van der Waals surface area contributed by atoms with Crippen LogP contribution in [0.1, 0.15) is 44.9 Å². The lowest BCUT2D eigenvalue weighted by atomic mass is 9.97. The maximum Gasteiger partial charge on any atom is 0.271 e. The van der Waals surface area contributed by atoms with Crippen LogP contribution in [0.25, 0.3) is 0 Å². The van der Waals surface area contributed by atoms with Gasteiger partial charge in [0.25, 0.3) is 5.69 Å². The third-order valence-corrected chi connectivity index (χ3v) is 5.62. The molecule has 0 aromatic heterocycles. The highest BCUT2D eigenvalue weighted by molar-refractivity contribution is 7.89. The Hall–Kier alpha value is -1.67. The smallest absolute Gasteiger partial charge is 0.271 e. The normalized spacial score (nSPS) is 17.3. The fourth-order valence-electron chi connectivity index (χ4n) is 2.85. The van der Waals surface area contributed by atoms with Crippen LogP contribution in [-0.2, 0) is 10.0 Å². The van der Waals surface area contributed by atoms with Crippen LogP contribution < -0.4 is 9.46 Å². The number of nitrogens with one attached hydrogen (secondary N) is 1. The van der Waals surface area contributed by atoms with Gasteiger partial charge < -0.3 is 4.74 Å². The molecule has 0 aliphatic heterocycles. The monoisotopic (exact) mass is 342 g/mol. The Morgan fingerprint density at radius 2 is 1.78 bits per heavy atom. The number of nitro groups is 1. The lowest BCUT2D eigenvalue weighted by Crippen LogP contribution is -2.35. The van der Waals surface area contributed by atoms with Crippen molar-refractivity contribution in [3.8, 4) is 5.75 Å². The van der Waals surface area contributed by atoms with E-state index in [1.54, 1.807) is 0 Å². The zero-order valence-electron chi connectivity index (χ0n) is 13.2. The van der Waals surface area contributed by atoms with Crippen molar-refractivity contribution in [2.24, 2.45) is 0 Å². The van der Waals surface area contributed by atoms with Crippen molar-refractivity contribution < 1.29 is 18.1 Å². The van der Waals surface area contributed by atoms with E-state index in [-0.39, 0.29) is 22.4 Å². The van der Waals surface area contributed by atoms with Crippen LogP contribution in [0.5, 0.6) is 5.75 Å². The second-order valence-corrected chi connectivity index (χ2v) is 7.44. The molecule has 1 aliphatic carbocycles. The number of benzene rings is 1. The fourth-order valence-corrected chi connectivity index (χ4v) is 4.34. The van der Waals surface area contributed by atoms with Gasteiger partial charge in [0.2, 0.25) is 10.0 Å². The molecule has 0 bridgehead atoms. The van der Waals surface area contributed by atoms with Gasteiger partial charge in [-0.3, -0.25) is 10.1 Å². The number of non-ortho nitro benzene ring substituents is 1. The molecule has 0 saturated heterocycles. The highest BCUT2D eigenvalue weighted by Gasteiger charge is 2.26. The molecule has 7 nitrogen and oxygen atoms in total. The van der Waals surface area contributed by atoms with Gasteiger partial charge in [-0.1, -0.05) is 32.1 Å². The number of ether oxygens (including phenoxy) is 1. The molecule has 0 radical (unpaired) electrons. The van der Waals surface area contributed by atoms with Gasteiger partial charge in [-0.05, 0) is 18.9 Å². The number of methoxy groups -OCH3 is 1. The Morgan fingerprint density at radius 1 is 1.17 bits per heavy atom. The second-order valence-electron chi connectivity index (χ2n) is 5.76. The predicted octanol–water partition coefficient (Wildman–Crippen LogP) is 2.99. The summed E-state index contributed by atoms with van der Waals surface area (Å²) in [4.78, 5) is 10.1. The molecule has 2 rings (SSSR count). The van der Waals surface area contributed by atoms with Crippen molar-refractivity contribution in [1.82, 2.24) is 4.72 Å². The lowest BCUT2D eigenvalue weighted by molar-refractivity contribution is -0.385. The lowest BCUT2D eigenvalue weighted by Gasteiger charge is -2.21. The van der Waals surface area contributed by atoms with E-state index in [4.69, 9.17) is 4.74 Å². The van der Waals surface area contributed by atoms with Crippen molar-refractivity contribution >= 4 is 15.7 Å². The van der Waals surface area contributed by atoms with E-state index in [9.17, 15) is 18.5 Å². The molecule has 1 N–H and O–H groups in total. The Kier molecular flexibility index (Phi) is 5.95. The molecule has 0 atom stereocenters. The van der Waals surface area contributed by atoms with E-state index < -0.39 is 14.9 Å². The summed E-state index contributed by atoms with van der Waals surface area (Å²) in [5, 5.41) is 10.9. The van der Waals surface area contributed by atoms with Gasteiger partial charge in [-0.2, -0.15) is 0 Å². The van der Waals surface area contributed by atoms with Crippen LogP contribution >= 0.6 is 0 Å². The number of nitrogens with zero attached hydrogens (tertiary/aromatic N) is 1. The van der Waals surface area contributed by atoms with Crippen LogP contribution in [-0.4, -0.2) is 26.5 Å². The molecule has 1 aromatic carbocycles. The SMILES string of the molecule is COc1ccc([N+](=O)[O-])cc1S(=O)(=O)NC1CCCCCCC1. The minimum absolute atomic E-state index is 0.106. The Bertz CT molecular complexity index is 652. The molecule has 23 heavy (non-hydrogen) atoms. The summed E-state index contributed by atoms with van der Waals surface area (Å²) in [6.07, 6.45) is 6.96. The topological polar surface area (TPSA) is 98.5 Å². The maximum absolute atomic E-state index is 12.6. The molecule has 1 fully saturated rings. The van der Waals surface area contributed by atoms with Crippen molar-refractivity contribution in [2.45, 2.75) is 55.9 Å². The molecule has 0 amide bonds. The molecule has 8 heteroatoms. The van der Waals surface area contributed by atoms with E-state index in [1.807, 2.05) is 0 Å². The molecular formula is C15H22N2O5S. The largest absolute Gasteiger partial charge is 0.495 e. The number of sulfonamides is 1.